The van der Waals surface area contributed by atoms with E-state index in [1.807, 2.05) is 0 Å². The van der Waals surface area contributed by atoms with Crippen molar-refractivity contribution in [1.82, 2.24) is 0 Å². The Balaban J connectivity index is 1.32. The Kier molecular flexibility index (Phi) is 4.67. The smallest absolute Gasteiger partial charge is 0.0207 e. The van der Waals surface area contributed by atoms with Crippen LogP contribution in [0.4, 0.5) is 0 Å². The van der Waals surface area contributed by atoms with Gasteiger partial charge in [-0.15, -0.1) is 0 Å². The number of fused-ring (bicyclic) bond motifs is 5. The third-order valence-electron chi connectivity index (χ3n) is 9.31. The molecule has 1 heteroatoms. The first-order chi connectivity index (χ1) is 14.2. The van der Waals surface area contributed by atoms with Crippen LogP contribution in [0.3, 0.4) is 0 Å². The summed E-state index contributed by atoms with van der Waals surface area (Å²) in [5, 5.41) is 0. The molecule has 0 heterocycles. The predicted octanol–water partition coefficient (Wildman–Crippen LogP) is 8.05. The molecule has 0 saturated heterocycles. The minimum Gasteiger partial charge on any atom is -0.0884 e. The van der Waals surface area contributed by atoms with Crippen molar-refractivity contribution in [2.24, 2.45) is 35.5 Å². The second kappa shape index (κ2) is 7.26. The molecule has 4 aliphatic carbocycles. The minimum atomic E-state index is 0.603. The van der Waals surface area contributed by atoms with Crippen LogP contribution < -0.4 is 0 Å². The van der Waals surface area contributed by atoms with E-state index in [0.717, 1.165) is 40.3 Å². The van der Waals surface area contributed by atoms with E-state index in [-0.39, 0.29) is 0 Å². The maximum atomic E-state index is 4.26. The van der Waals surface area contributed by atoms with Crippen LogP contribution in [-0.2, 0) is 0 Å². The second-order valence-electron chi connectivity index (χ2n) is 10.6. The lowest BCUT2D eigenvalue weighted by atomic mass is 9.62. The van der Waals surface area contributed by atoms with Crippen molar-refractivity contribution in [2.75, 3.05) is 0 Å². The SMILES string of the molecule is CC1CC2C(Br)C3CCCCC3CC2C1CC1c2ccccc2-c2ccccc21. The van der Waals surface area contributed by atoms with Gasteiger partial charge in [0.1, 0.15) is 0 Å². The molecule has 0 aliphatic heterocycles. The van der Waals surface area contributed by atoms with Crippen LogP contribution in [0.25, 0.3) is 11.1 Å². The molecule has 3 fully saturated rings. The van der Waals surface area contributed by atoms with Crippen LogP contribution in [0.5, 0.6) is 0 Å². The van der Waals surface area contributed by atoms with E-state index in [1.54, 1.807) is 11.1 Å². The summed E-state index contributed by atoms with van der Waals surface area (Å²) in [6.07, 6.45) is 10.2. The summed E-state index contributed by atoms with van der Waals surface area (Å²) >= 11 is 4.26. The summed E-state index contributed by atoms with van der Waals surface area (Å²) in [6, 6.07) is 18.4. The van der Waals surface area contributed by atoms with Gasteiger partial charge in [0.15, 0.2) is 0 Å². The average molecular weight is 449 g/mol. The number of benzene rings is 2. The van der Waals surface area contributed by atoms with Crippen molar-refractivity contribution in [1.29, 1.82) is 0 Å². The van der Waals surface area contributed by atoms with Crippen molar-refractivity contribution < 1.29 is 0 Å². The van der Waals surface area contributed by atoms with Crippen molar-refractivity contribution >= 4 is 15.9 Å². The van der Waals surface area contributed by atoms with Crippen molar-refractivity contribution in [3.8, 4) is 11.1 Å². The molecule has 0 aromatic heterocycles. The molecule has 3 saturated carbocycles. The van der Waals surface area contributed by atoms with Gasteiger partial charge in [-0.25, -0.2) is 0 Å². The van der Waals surface area contributed by atoms with Crippen LogP contribution in [-0.4, -0.2) is 4.83 Å². The van der Waals surface area contributed by atoms with Gasteiger partial charge in [-0.05, 0) is 83.4 Å². The average Bonchev–Trinajstić information content (AvgIpc) is 3.24. The zero-order valence-corrected chi connectivity index (χ0v) is 19.2. The van der Waals surface area contributed by atoms with Crippen LogP contribution in [0.1, 0.15) is 68.9 Å². The van der Waals surface area contributed by atoms with Crippen molar-refractivity contribution in [3.63, 3.8) is 0 Å². The van der Waals surface area contributed by atoms with Gasteiger partial charge in [-0.2, -0.15) is 0 Å². The summed E-state index contributed by atoms with van der Waals surface area (Å²) in [6.45, 7) is 2.57. The van der Waals surface area contributed by atoms with Gasteiger partial charge >= 0.3 is 0 Å². The van der Waals surface area contributed by atoms with Gasteiger partial charge in [-0.3, -0.25) is 0 Å². The first kappa shape index (κ1) is 18.7. The number of halogens is 1. The predicted molar refractivity (Wildman–Crippen MR) is 125 cm³/mol. The Morgan fingerprint density at radius 2 is 1.45 bits per heavy atom. The number of hydrogen-bond acceptors (Lipinski definition) is 0. The zero-order chi connectivity index (χ0) is 19.5. The van der Waals surface area contributed by atoms with E-state index in [1.165, 1.54) is 56.1 Å². The molecule has 0 bridgehead atoms. The maximum Gasteiger partial charge on any atom is 0.0207 e. The first-order valence-electron chi connectivity index (χ1n) is 12.0. The van der Waals surface area contributed by atoms with Gasteiger partial charge in [0.25, 0.3) is 0 Å². The Bertz CT molecular complexity index is 855. The number of rotatable bonds is 2. The molecular weight excluding hydrogens is 416 g/mol. The van der Waals surface area contributed by atoms with Gasteiger partial charge in [0.2, 0.25) is 0 Å². The molecule has 152 valence electrons. The lowest BCUT2D eigenvalue weighted by Crippen LogP contribution is -2.41. The van der Waals surface area contributed by atoms with E-state index in [9.17, 15) is 0 Å². The summed E-state index contributed by atoms with van der Waals surface area (Å²) in [5.41, 5.74) is 6.16. The lowest BCUT2D eigenvalue weighted by Gasteiger charge is -2.46. The highest BCUT2D eigenvalue weighted by atomic mass is 79.9. The molecule has 4 aliphatic rings. The first-order valence-corrected chi connectivity index (χ1v) is 13.0. The number of hydrogen-bond donors (Lipinski definition) is 0. The third-order valence-corrected chi connectivity index (χ3v) is 10.7. The van der Waals surface area contributed by atoms with E-state index < -0.39 is 0 Å². The monoisotopic (exact) mass is 448 g/mol. The topological polar surface area (TPSA) is 0 Å². The maximum absolute atomic E-state index is 4.26. The molecule has 0 nitrogen and oxygen atoms in total. The Morgan fingerprint density at radius 1 is 0.793 bits per heavy atom. The molecule has 0 N–H and O–H groups in total. The molecule has 2 aromatic carbocycles. The minimum absolute atomic E-state index is 0.603. The van der Waals surface area contributed by atoms with E-state index in [4.69, 9.17) is 0 Å². The van der Waals surface area contributed by atoms with Crippen LogP contribution in [0.15, 0.2) is 48.5 Å². The Hall–Kier alpha value is -1.08. The molecule has 29 heavy (non-hydrogen) atoms. The van der Waals surface area contributed by atoms with Gasteiger partial charge in [-0.1, -0.05) is 90.6 Å². The number of alkyl halides is 1. The van der Waals surface area contributed by atoms with Crippen LogP contribution in [0, 0.1) is 35.5 Å². The van der Waals surface area contributed by atoms with E-state index in [0.29, 0.717) is 5.92 Å². The fourth-order valence-electron chi connectivity index (χ4n) is 8.04. The van der Waals surface area contributed by atoms with Crippen LogP contribution in [0.2, 0.25) is 0 Å². The molecule has 7 unspecified atom stereocenters. The zero-order valence-electron chi connectivity index (χ0n) is 17.6. The van der Waals surface area contributed by atoms with E-state index in [2.05, 4.69) is 71.4 Å². The van der Waals surface area contributed by atoms with Gasteiger partial charge < -0.3 is 0 Å². The fourth-order valence-corrected chi connectivity index (χ4v) is 9.35. The Labute approximate surface area is 184 Å². The van der Waals surface area contributed by atoms with Crippen molar-refractivity contribution in [2.45, 2.75) is 62.6 Å². The third kappa shape index (κ3) is 2.90. The summed E-state index contributed by atoms with van der Waals surface area (Å²) in [4.78, 5) is 0.780. The molecule has 2 aromatic rings. The summed E-state index contributed by atoms with van der Waals surface area (Å²) in [5.74, 6) is 6.16. The fraction of sp³-hybridized carbons (Fsp3) is 0.571. The van der Waals surface area contributed by atoms with E-state index >= 15 is 0 Å². The molecule has 0 radical (unpaired) electrons. The highest BCUT2D eigenvalue weighted by Crippen LogP contribution is 2.60. The largest absolute Gasteiger partial charge is 0.0884 e. The van der Waals surface area contributed by atoms with Gasteiger partial charge in [0, 0.05) is 10.7 Å². The summed E-state index contributed by atoms with van der Waals surface area (Å²) < 4.78 is 0. The molecule has 7 atom stereocenters. The van der Waals surface area contributed by atoms with Gasteiger partial charge in [0.05, 0.1) is 0 Å². The molecule has 0 spiro atoms. The molecular formula is C28H33Br. The van der Waals surface area contributed by atoms with Crippen LogP contribution >= 0.6 is 15.9 Å². The summed E-state index contributed by atoms with van der Waals surface area (Å²) in [7, 11) is 0. The van der Waals surface area contributed by atoms with Crippen molar-refractivity contribution in [3.05, 3.63) is 59.7 Å². The second-order valence-corrected chi connectivity index (χ2v) is 11.6. The normalized spacial score (nSPS) is 38.2. The standard InChI is InChI=1S/C28H33Br/c1-17-14-27-25(15-18-8-2-3-9-19(18)28(27)29)24(17)16-26-22-12-6-4-10-20(22)21-11-5-7-13-23(21)26/h4-7,10-13,17-19,24-28H,2-3,8-9,14-16H2,1H3. The Morgan fingerprint density at radius 3 is 2.17 bits per heavy atom. The highest BCUT2D eigenvalue weighted by molar-refractivity contribution is 9.09. The molecule has 0 amide bonds. The lowest BCUT2D eigenvalue weighted by molar-refractivity contribution is 0.0825. The molecule has 6 rings (SSSR count). The highest BCUT2D eigenvalue weighted by Gasteiger charge is 2.52. The quantitative estimate of drug-likeness (QED) is 0.407.